The summed E-state index contributed by atoms with van der Waals surface area (Å²) in [6.07, 6.45) is 11.9. The number of hydrogen-bond acceptors (Lipinski definition) is 9. The second-order valence-corrected chi connectivity index (χ2v) is 13.7. The Hall–Kier alpha value is -4.20. The predicted octanol–water partition coefficient (Wildman–Crippen LogP) is 5.20. The first kappa shape index (κ1) is 30.5. The van der Waals surface area contributed by atoms with Crippen molar-refractivity contribution in [3.8, 4) is 28.3 Å². The van der Waals surface area contributed by atoms with Crippen molar-refractivity contribution in [2.24, 2.45) is 5.92 Å². The van der Waals surface area contributed by atoms with E-state index in [2.05, 4.69) is 26.9 Å². The average molecular weight is 646 g/mol. The van der Waals surface area contributed by atoms with Crippen molar-refractivity contribution in [1.82, 2.24) is 33.6 Å². The van der Waals surface area contributed by atoms with Gasteiger partial charge in [0.05, 0.1) is 35.6 Å². The number of halogens is 1. The molecule has 5 aromatic rings. The molecule has 0 aliphatic carbocycles. The number of pyridine rings is 1. The lowest BCUT2D eigenvalue weighted by Crippen LogP contribution is -2.34. The van der Waals surface area contributed by atoms with Gasteiger partial charge in [-0.1, -0.05) is 25.1 Å². The third-order valence-corrected chi connectivity index (χ3v) is 10.6. The minimum Gasteiger partial charge on any atom is -0.475 e. The fourth-order valence-electron chi connectivity index (χ4n) is 6.16. The topological polar surface area (TPSA) is 117 Å². The van der Waals surface area contributed by atoms with E-state index in [9.17, 15) is 8.42 Å². The molecule has 0 N–H and O–H groups in total. The van der Waals surface area contributed by atoms with Gasteiger partial charge in [-0.25, -0.2) is 31.7 Å². The average Bonchev–Trinajstić information content (AvgIpc) is 3.74. The molecule has 0 radical (unpaired) electrons. The monoisotopic (exact) mass is 645 g/mol. The molecule has 0 bridgehead atoms. The summed E-state index contributed by atoms with van der Waals surface area (Å²) in [6.45, 7) is 6.93. The van der Waals surface area contributed by atoms with Crippen molar-refractivity contribution in [1.29, 1.82) is 0 Å². The summed E-state index contributed by atoms with van der Waals surface area (Å²) in [7, 11) is -4.00. The highest BCUT2D eigenvalue weighted by molar-refractivity contribution is 7.90. The van der Waals surface area contributed by atoms with Crippen LogP contribution < -0.4 is 4.74 Å². The predicted molar refractivity (Wildman–Crippen MR) is 170 cm³/mol. The standard InChI is InChI=1S/C33H36FN7O4S/c1-2-39-12-8-26(9-13-39)40-20-25(18-37-40)28-21-41(46(42,43)27-6-4-3-5-7-27)32-31(28)38-30(19-35-32)24-16-29(34)33(36-17-24)45-22-23-10-14-44-15-11-23/h3-7,16-21,23,26H,2,8-15,22H2,1H3. The van der Waals surface area contributed by atoms with E-state index in [1.54, 1.807) is 42.7 Å². The number of fused-ring (bicyclic) bond motifs is 1. The van der Waals surface area contributed by atoms with Gasteiger partial charge in [-0.2, -0.15) is 5.10 Å². The first-order valence-corrected chi connectivity index (χ1v) is 17.2. The molecule has 0 atom stereocenters. The van der Waals surface area contributed by atoms with Gasteiger partial charge in [0.25, 0.3) is 10.0 Å². The zero-order valence-corrected chi connectivity index (χ0v) is 26.4. The van der Waals surface area contributed by atoms with E-state index in [-0.39, 0.29) is 22.5 Å². The molecule has 2 aliphatic heterocycles. The van der Waals surface area contributed by atoms with Crippen LogP contribution in [0.3, 0.4) is 0 Å². The molecule has 11 nitrogen and oxygen atoms in total. The van der Waals surface area contributed by atoms with Gasteiger partial charge < -0.3 is 14.4 Å². The smallest absolute Gasteiger partial charge is 0.269 e. The van der Waals surface area contributed by atoms with E-state index < -0.39 is 15.8 Å². The Bertz CT molecular complexity index is 1930. The van der Waals surface area contributed by atoms with Crippen LogP contribution in [0.4, 0.5) is 4.39 Å². The Labute approximate surface area is 267 Å². The molecule has 0 amide bonds. The van der Waals surface area contributed by atoms with Gasteiger partial charge in [0.15, 0.2) is 11.5 Å². The number of rotatable bonds is 9. The molecule has 0 spiro atoms. The molecule has 13 heteroatoms. The summed E-state index contributed by atoms with van der Waals surface area (Å²) in [5.41, 5.74) is 2.55. The molecule has 0 saturated carbocycles. The quantitative estimate of drug-likeness (QED) is 0.213. The van der Waals surface area contributed by atoms with Gasteiger partial charge in [0.2, 0.25) is 5.88 Å². The Kier molecular flexibility index (Phi) is 8.54. The van der Waals surface area contributed by atoms with Crippen molar-refractivity contribution in [3.05, 3.63) is 73.2 Å². The molecule has 240 valence electrons. The van der Waals surface area contributed by atoms with Gasteiger partial charge >= 0.3 is 0 Å². The molecule has 1 aromatic carbocycles. The van der Waals surface area contributed by atoms with Gasteiger partial charge in [-0.3, -0.25) is 4.68 Å². The van der Waals surface area contributed by atoms with Crippen molar-refractivity contribution in [3.63, 3.8) is 0 Å². The minimum atomic E-state index is -4.00. The van der Waals surface area contributed by atoms with Gasteiger partial charge in [-0.15, -0.1) is 0 Å². The van der Waals surface area contributed by atoms with Crippen molar-refractivity contribution < 1.29 is 22.3 Å². The van der Waals surface area contributed by atoms with Crippen LogP contribution in [0.5, 0.6) is 5.88 Å². The number of nitrogens with zero attached hydrogens (tertiary/aromatic N) is 7. The number of piperidine rings is 1. The van der Waals surface area contributed by atoms with Crippen LogP contribution >= 0.6 is 0 Å². The fraction of sp³-hybridized carbons (Fsp3) is 0.394. The summed E-state index contributed by atoms with van der Waals surface area (Å²) in [6, 6.07) is 9.78. The summed E-state index contributed by atoms with van der Waals surface area (Å²) in [4.78, 5) is 16.2. The summed E-state index contributed by atoms with van der Waals surface area (Å²) in [5.74, 6) is -0.375. The maximum atomic E-state index is 15.2. The normalized spacial score (nSPS) is 17.1. The lowest BCUT2D eigenvalue weighted by atomic mass is 10.0. The van der Waals surface area contributed by atoms with Crippen LogP contribution in [0.1, 0.15) is 38.6 Å². The highest BCUT2D eigenvalue weighted by Crippen LogP contribution is 2.34. The van der Waals surface area contributed by atoms with Crippen molar-refractivity contribution in [2.45, 2.75) is 43.5 Å². The van der Waals surface area contributed by atoms with E-state index in [1.165, 1.54) is 18.5 Å². The molecule has 46 heavy (non-hydrogen) atoms. The van der Waals surface area contributed by atoms with Crippen molar-refractivity contribution >= 4 is 21.2 Å². The van der Waals surface area contributed by atoms with Gasteiger partial charge in [-0.05, 0) is 56.3 Å². The molecule has 2 saturated heterocycles. The number of hydrogen-bond donors (Lipinski definition) is 0. The maximum Gasteiger partial charge on any atom is 0.269 e. The van der Waals surface area contributed by atoms with Crippen LogP contribution in [0.25, 0.3) is 33.5 Å². The minimum absolute atomic E-state index is 0.0674. The molecule has 2 fully saturated rings. The summed E-state index contributed by atoms with van der Waals surface area (Å²) in [5, 5.41) is 4.67. The van der Waals surface area contributed by atoms with Gasteiger partial charge in [0, 0.05) is 61.6 Å². The van der Waals surface area contributed by atoms with Crippen molar-refractivity contribution in [2.75, 3.05) is 39.5 Å². The molecule has 6 heterocycles. The van der Waals surface area contributed by atoms with E-state index in [1.807, 2.05) is 10.9 Å². The van der Waals surface area contributed by atoms with Crippen LogP contribution in [0.2, 0.25) is 0 Å². The Balaban J connectivity index is 1.25. The highest BCUT2D eigenvalue weighted by atomic mass is 32.2. The molecular weight excluding hydrogens is 609 g/mol. The lowest BCUT2D eigenvalue weighted by Gasteiger charge is -2.31. The first-order chi connectivity index (χ1) is 22.4. The van der Waals surface area contributed by atoms with E-state index in [0.29, 0.717) is 48.1 Å². The van der Waals surface area contributed by atoms with Gasteiger partial charge in [0.1, 0.15) is 5.52 Å². The molecular formula is C33H36FN7O4S. The molecule has 2 aliphatic rings. The second kappa shape index (κ2) is 12.9. The van der Waals surface area contributed by atoms with E-state index in [4.69, 9.17) is 14.5 Å². The first-order valence-electron chi connectivity index (χ1n) is 15.7. The largest absolute Gasteiger partial charge is 0.475 e. The zero-order valence-electron chi connectivity index (χ0n) is 25.6. The Morgan fingerprint density at radius 1 is 0.978 bits per heavy atom. The van der Waals surface area contributed by atoms with Crippen LogP contribution in [-0.2, 0) is 14.8 Å². The molecule has 0 unspecified atom stereocenters. The maximum absolute atomic E-state index is 15.2. The van der Waals surface area contributed by atoms with Crippen LogP contribution in [-0.4, -0.2) is 81.5 Å². The lowest BCUT2D eigenvalue weighted by molar-refractivity contribution is 0.0483. The fourth-order valence-corrected chi connectivity index (χ4v) is 7.50. The number of ether oxygens (including phenoxy) is 2. The summed E-state index contributed by atoms with van der Waals surface area (Å²) >= 11 is 0. The molecule has 7 rings (SSSR count). The SMILES string of the molecule is CCN1CCC(n2cc(-c3cn(S(=O)(=O)c4ccccc4)c4ncc(-c5cnc(OCC6CCOCC6)c(F)c5)nc34)cn2)CC1. The van der Waals surface area contributed by atoms with Crippen LogP contribution in [0.15, 0.2) is 72.3 Å². The number of aromatic nitrogens is 6. The summed E-state index contributed by atoms with van der Waals surface area (Å²) < 4.78 is 57.0. The third-order valence-electron chi connectivity index (χ3n) is 8.95. The third kappa shape index (κ3) is 6.02. The van der Waals surface area contributed by atoms with E-state index in [0.717, 1.165) is 54.9 Å². The van der Waals surface area contributed by atoms with Crippen LogP contribution in [0, 0.1) is 11.7 Å². The number of benzene rings is 1. The zero-order chi connectivity index (χ0) is 31.7. The Morgan fingerprint density at radius 2 is 1.76 bits per heavy atom. The second-order valence-electron chi connectivity index (χ2n) is 11.8. The van der Waals surface area contributed by atoms with E-state index >= 15 is 4.39 Å². The number of likely N-dealkylation sites (tertiary alicyclic amines) is 1. The Morgan fingerprint density at radius 3 is 2.50 bits per heavy atom. The highest BCUT2D eigenvalue weighted by Gasteiger charge is 2.26. The molecule has 4 aromatic heterocycles.